The van der Waals surface area contributed by atoms with Crippen molar-refractivity contribution in [2.24, 2.45) is 0 Å². The third kappa shape index (κ3) is 6.58. The summed E-state index contributed by atoms with van der Waals surface area (Å²) in [6, 6.07) is 0. The Labute approximate surface area is 153 Å². The van der Waals surface area contributed by atoms with Gasteiger partial charge in [-0.05, 0) is 0 Å². The van der Waals surface area contributed by atoms with Crippen molar-refractivity contribution in [2.45, 2.75) is 0 Å². The van der Waals surface area contributed by atoms with Crippen molar-refractivity contribution in [2.75, 3.05) is 11.5 Å². The number of anilines is 2. The summed E-state index contributed by atoms with van der Waals surface area (Å²) in [5.74, 6) is -3.07. The second-order valence-corrected chi connectivity index (χ2v) is 3.16. The van der Waals surface area contributed by atoms with E-state index in [2.05, 4.69) is 19.9 Å². The molecular weight excluding hydrogens is 324 g/mol. The fourth-order valence-electron chi connectivity index (χ4n) is 1.01. The van der Waals surface area contributed by atoms with Gasteiger partial charge in [0.2, 0.25) is 0 Å². The van der Waals surface area contributed by atoms with Gasteiger partial charge in [0.1, 0.15) is 11.4 Å². The van der Waals surface area contributed by atoms with E-state index in [1.165, 1.54) is 24.8 Å². The Morgan fingerprint density at radius 3 is 1.23 bits per heavy atom. The number of carboxylic acids is 2. The maximum Gasteiger partial charge on any atom is 2.00 e. The van der Waals surface area contributed by atoms with E-state index in [1.54, 1.807) is 0 Å². The van der Waals surface area contributed by atoms with Crippen molar-refractivity contribution in [3.8, 4) is 0 Å². The van der Waals surface area contributed by atoms with Crippen LogP contribution in [-0.4, -0.2) is 75.1 Å². The van der Waals surface area contributed by atoms with Crippen LogP contribution < -0.4 is 21.7 Å². The molecule has 0 bridgehead atoms. The Morgan fingerprint density at radius 1 is 0.773 bits per heavy atom. The summed E-state index contributed by atoms with van der Waals surface area (Å²) in [4.78, 5) is 34.1. The minimum Gasteiger partial charge on any atom is -0.543 e. The second kappa shape index (κ2) is 10.6. The number of aromatic nitrogens is 4. The monoisotopic (exact) mass is 334 g/mol. The van der Waals surface area contributed by atoms with Crippen LogP contribution in [0.25, 0.3) is 0 Å². The Hall–Kier alpha value is -2.08. The van der Waals surface area contributed by atoms with Gasteiger partial charge in [0, 0.05) is 24.8 Å². The number of hydrogen-bond donors (Lipinski definition) is 2. The zero-order valence-electron chi connectivity index (χ0n) is 11.1. The number of hydrogen-bond acceptors (Lipinski definition) is 10. The number of carboxylic acid groups (broad SMARTS) is 2. The molecule has 0 saturated heterocycles. The summed E-state index contributed by atoms with van der Waals surface area (Å²) in [7, 11) is 0. The van der Waals surface area contributed by atoms with E-state index in [1.807, 2.05) is 0 Å². The number of nitrogen functional groups attached to an aromatic ring is 2. The fraction of sp³-hybridized carbons (Fsp3) is 0. The molecule has 12 heteroatoms. The largest absolute Gasteiger partial charge is 2.00 e. The van der Waals surface area contributed by atoms with Crippen molar-refractivity contribution in [3.05, 3.63) is 36.2 Å². The molecule has 0 radical (unpaired) electrons. The van der Waals surface area contributed by atoms with E-state index in [4.69, 9.17) is 11.5 Å². The van der Waals surface area contributed by atoms with Crippen LogP contribution in [0.1, 0.15) is 21.0 Å². The van der Waals surface area contributed by atoms with Crippen molar-refractivity contribution < 1.29 is 25.3 Å². The summed E-state index contributed by atoms with van der Waals surface area (Å²) in [5.41, 5.74) is 9.62. The van der Waals surface area contributed by atoms with Gasteiger partial charge in [-0.3, -0.25) is 0 Å². The van der Waals surface area contributed by atoms with Gasteiger partial charge in [0.05, 0.1) is 11.9 Å². The number of aromatic carboxylic acids is 2. The summed E-state index contributed by atoms with van der Waals surface area (Å²) >= 11 is 0. The van der Waals surface area contributed by atoms with E-state index < -0.39 is 11.9 Å². The van der Waals surface area contributed by atoms with Gasteiger partial charge in [0.25, 0.3) is 0 Å². The van der Waals surface area contributed by atoms with Crippen LogP contribution in [0.4, 0.5) is 11.6 Å². The fourth-order valence-corrected chi connectivity index (χ4v) is 1.01. The van der Waals surface area contributed by atoms with Crippen LogP contribution in [-0.2, 0) is 0 Å². The van der Waals surface area contributed by atoms with Crippen LogP contribution in [0.3, 0.4) is 0 Å². The second-order valence-electron chi connectivity index (χ2n) is 3.16. The van der Waals surface area contributed by atoms with Crippen molar-refractivity contribution >= 4 is 61.3 Å². The standard InChI is InChI=1S/2C5H5N3O2.Ca.H2O/c2*6-4-3(5(9)10)7-1-2-8-4;;/h2*1-2H,(H2,6,8)(H,9,10);;1H2/q;;+2;/p-2. The number of rotatable bonds is 2. The Bertz CT molecular complexity index is 585. The SMILES string of the molecule is Nc1nccnc1C(=O)[O-].Nc1nccnc1C(=O)[O-].O.[Ca+2]. The molecule has 0 aliphatic carbocycles. The van der Waals surface area contributed by atoms with E-state index in [0.717, 1.165) is 0 Å². The molecule has 0 aliphatic rings. The molecule has 6 N–H and O–H groups in total. The van der Waals surface area contributed by atoms with Crippen LogP contribution in [0.2, 0.25) is 0 Å². The van der Waals surface area contributed by atoms with Crippen molar-refractivity contribution in [3.63, 3.8) is 0 Å². The average molecular weight is 334 g/mol. The first-order valence-electron chi connectivity index (χ1n) is 4.99. The molecule has 2 rings (SSSR count). The maximum atomic E-state index is 10.1. The smallest absolute Gasteiger partial charge is 0.543 e. The van der Waals surface area contributed by atoms with Crippen LogP contribution in [0.15, 0.2) is 24.8 Å². The molecule has 0 aliphatic heterocycles. The Morgan fingerprint density at radius 2 is 1.05 bits per heavy atom. The van der Waals surface area contributed by atoms with Crippen LogP contribution in [0.5, 0.6) is 0 Å². The molecule has 11 nitrogen and oxygen atoms in total. The molecule has 22 heavy (non-hydrogen) atoms. The topological polar surface area (TPSA) is 215 Å². The van der Waals surface area contributed by atoms with Gasteiger partial charge in [-0.2, -0.15) is 0 Å². The van der Waals surface area contributed by atoms with Gasteiger partial charge in [-0.25, -0.2) is 19.9 Å². The molecule has 2 aromatic heterocycles. The Balaban J connectivity index is 0. The number of nitrogens with two attached hydrogens (primary N) is 2. The van der Waals surface area contributed by atoms with E-state index in [-0.39, 0.29) is 66.2 Å². The van der Waals surface area contributed by atoms with E-state index in [9.17, 15) is 19.8 Å². The number of carbonyl (C=O) groups excluding carboxylic acids is 2. The number of carbonyl (C=O) groups is 2. The molecule has 0 fully saturated rings. The first-order valence-corrected chi connectivity index (χ1v) is 4.99. The molecule has 2 aromatic rings. The summed E-state index contributed by atoms with van der Waals surface area (Å²) in [6.45, 7) is 0. The molecular formula is C10H10CaN6O5. The quantitative estimate of drug-likeness (QED) is 0.503. The molecule has 0 atom stereocenters. The molecule has 0 unspecified atom stereocenters. The third-order valence-corrected chi connectivity index (χ3v) is 1.84. The predicted molar refractivity (Wildman–Crippen MR) is 70.9 cm³/mol. The molecule has 0 aromatic carbocycles. The summed E-state index contributed by atoms with van der Waals surface area (Å²) < 4.78 is 0. The minimum absolute atomic E-state index is 0. The predicted octanol–water partition coefficient (Wildman–Crippen LogP) is -4.36. The van der Waals surface area contributed by atoms with Crippen LogP contribution in [0, 0.1) is 0 Å². The third-order valence-electron chi connectivity index (χ3n) is 1.84. The van der Waals surface area contributed by atoms with Gasteiger partial charge in [-0.1, -0.05) is 0 Å². The van der Waals surface area contributed by atoms with Gasteiger partial charge in [-0.15, -0.1) is 0 Å². The maximum absolute atomic E-state index is 10.1. The molecule has 112 valence electrons. The zero-order chi connectivity index (χ0) is 15.1. The van der Waals surface area contributed by atoms with Crippen molar-refractivity contribution in [1.82, 2.24) is 19.9 Å². The Kier molecular flexibility index (Phi) is 10.7. The van der Waals surface area contributed by atoms with Crippen molar-refractivity contribution in [1.29, 1.82) is 0 Å². The summed E-state index contributed by atoms with van der Waals surface area (Å²) in [5, 5.41) is 20.3. The molecule has 0 saturated carbocycles. The summed E-state index contributed by atoms with van der Waals surface area (Å²) in [6.07, 6.45) is 5.09. The minimum atomic E-state index is -1.41. The molecule has 2 heterocycles. The van der Waals surface area contributed by atoms with E-state index >= 15 is 0 Å². The van der Waals surface area contributed by atoms with Gasteiger partial charge in [0.15, 0.2) is 11.6 Å². The zero-order valence-corrected chi connectivity index (χ0v) is 13.3. The molecule has 0 amide bonds. The first-order chi connectivity index (χ1) is 9.43. The van der Waals surface area contributed by atoms with Crippen LogP contribution >= 0.6 is 0 Å². The van der Waals surface area contributed by atoms with Gasteiger partial charge < -0.3 is 36.7 Å². The molecule has 0 spiro atoms. The first kappa shape index (κ1) is 22.2. The normalized spacial score (nSPS) is 8.36. The average Bonchev–Trinajstić information content (AvgIpc) is 2.40. The van der Waals surface area contributed by atoms with Gasteiger partial charge >= 0.3 is 37.7 Å². The van der Waals surface area contributed by atoms with E-state index in [0.29, 0.717) is 0 Å². The number of nitrogens with zero attached hydrogens (tertiary/aromatic N) is 4.